The van der Waals surface area contributed by atoms with Gasteiger partial charge in [-0.2, -0.15) is 0 Å². The Morgan fingerprint density at radius 2 is 1.14 bits per heavy atom. The van der Waals surface area contributed by atoms with Crippen molar-refractivity contribution >= 4 is 17.7 Å². The van der Waals surface area contributed by atoms with Crippen molar-refractivity contribution in [1.82, 2.24) is 0 Å². The van der Waals surface area contributed by atoms with Crippen molar-refractivity contribution in [3.05, 3.63) is 113 Å². The molecule has 0 heterocycles. The van der Waals surface area contributed by atoms with Gasteiger partial charge in [0.15, 0.2) is 0 Å². The molecule has 0 nitrogen and oxygen atoms in total. The lowest BCUT2D eigenvalue weighted by molar-refractivity contribution is 1.03. The third-order valence-corrected chi connectivity index (χ3v) is 3.92. The normalized spacial score (nSPS) is 11.2. The number of allylic oxidation sites excluding steroid dienone is 1. The zero-order valence-corrected chi connectivity index (χ0v) is 12.9. The SMILES string of the molecule is Clc1ccc(/C=C/C(c2ccccc2)c2ccccc2)cc1. The van der Waals surface area contributed by atoms with Crippen LogP contribution < -0.4 is 0 Å². The van der Waals surface area contributed by atoms with E-state index in [1.807, 2.05) is 24.3 Å². The summed E-state index contributed by atoms with van der Waals surface area (Å²) in [7, 11) is 0. The third-order valence-electron chi connectivity index (χ3n) is 3.67. The van der Waals surface area contributed by atoms with E-state index in [2.05, 4.69) is 72.8 Å². The Bertz CT molecular complexity index is 688. The lowest BCUT2D eigenvalue weighted by atomic mass is 9.90. The van der Waals surface area contributed by atoms with Gasteiger partial charge in [-0.1, -0.05) is 96.5 Å². The number of rotatable bonds is 4. The van der Waals surface area contributed by atoms with Crippen LogP contribution in [0, 0.1) is 0 Å². The molecule has 3 rings (SSSR count). The molecule has 108 valence electrons. The van der Waals surface area contributed by atoms with Crippen molar-refractivity contribution in [1.29, 1.82) is 0 Å². The molecule has 0 unspecified atom stereocenters. The summed E-state index contributed by atoms with van der Waals surface area (Å²) in [5.74, 6) is 0.248. The predicted molar refractivity (Wildman–Crippen MR) is 95.2 cm³/mol. The number of hydrogen-bond acceptors (Lipinski definition) is 0. The average Bonchev–Trinajstić information content (AvgIpc) is 2.59. The van der Waals surface area contributed by atoms with Crippen molar-refractivity contribution in [2.45, 2.75) is 5.92 Å². The van der Waals surface area contributed by atoms with Crippen LogP contribution in [0.1, 0.15) is 22.6 Å². The highest BCUT2D eigenvalue weighted by molar-refractivity contribution is 6.30. The van der Waals surface area contributed by atoms with Crippen LogP contribution >= 0.6 is 11.6 Å². The second-order valence-electron chi connectivity index (χ2n) is 5.21. The van der Waals surface area contributed by atoms with Gasteiger partial charge >= 0.3 is 0 Å². The number of benzene rings is 3. The average molecular weight is 305 g/mol. The highest BCUT2D eigenvalue weighted by Crippen LogP contribution is 2.26. The van der Waals surface area contributed by atoms with E-state index in [4.69, 9.17) is 11.6 Å². The molecule has 0 aliphatic carbocycles. The first-order chi connectivity index (χ1) is 10.8. The van der Waals surface area contributed by atoms with Crippen LogP contribution in [0.2, 0.25) is 5.02 Å². The molecule has 0 bridgehead atoms. The predicted octanol–water partition coefficient (Wildman–Crippen LogP) is 6.19. The lowest BCUT2D eigenvalue weighted by Gasteiger charge is -2.14. The van der Waals surface area contributed by atoms with Crippen LogP contribution in [-0.4, -0.2) is 0 Å². The van der Waals surface area contributed by atoms with Gasteiger partial charge in [0.2, 0.25) is 0 Å². The third kappa shape index (κ3) is 3.66. The molecule has 0 spiro atoms. The molecule has 0 saturated carbocycles. The Kier molecular flexibility index (Phi) is 4.72. The first kappa shape index (κ1) is 14.6. The summed E-state index contributed by atoms with van der Waals surface area (Å²) in [6, 6.07) is 29.0. The van der Waals surface area contributed by atoms with E-state index in [0.717, 1.165) is 10.6 Å². The molecular formula is C21H17Cl. The van der Waals surface area contributed by atoms with Crippen LogP contribution in [0.25, 0.3) is 6.08 Å². The standard InChI is InChI=1S/C21H17Cl/c22-20-14-11-17(12-15-20)13-16-21(18-7-3-1-4-8-18)19-9-5-2-6-10-19/h1-16,21H/b16-13+. The molecular weight excluding hydrogens is 288 g/mol. The maximum absolute atomic E-state index is 5.94. The molecule has 0 radical (unpaired) electrons. The largest absolute Gasteiger partial charge is 0.0843 e. The quantitative estimate of drug-likeness (QED) is 0.539. The summed E-state index contributed by atoms with van der Waals surface area (Å²) >= 11 is 5.94. The molecule has 0 atom stereocenters. The summed E-state index contributed by atoms with van der Waals surface area (Å²) < 4.78 is 0. The van der Waals surface area contributed by atoms with Gasteiger partial charge in [0.1, 0.15) is 0 Å². The summed E-state index contributed by atoms with van der Waals surface area (Å²) in [4.78, 5) is 0. The number of hydrogen-bond donors (Lipinski definition) is 0. The molecule has 3 aromatic carbocycles. The van der Waals surface area contributed by atoms with Gasteiger partial charge in [0.25, 0.3) is 0 Å². The molecule has 0 saturated heterocycles. The van der Waals surface area contributed by atoms with Crippen molar-refractivity contribution < 1.29 is 0 Å². The van der Waals surface area contributed by atoms with Crippen molar-refractivity contribution in [2.24, 2.45) is 0 Å². The van der Waals surface area contributed by atoms with E-state index in [0.29, 0.717) is 0 Å². The smallest absolute Gasteiger partial charge is 0.0406 e. The summed E-state index contributed by atoms with van der Waals surface area (Å²) in [6.07, 6.45) is 4.40. The second kappa shape index (κ2) is 7.11. The van der Waals surface area contributed by atoms with Gasteiger partial charge in [0.05, 0.1) is 0 Å². The molecule has 1 heteroatoms. The van der Waals surface area contributed by atoms with E-state index in [9.17, 15) is 0 Å². The molecule has 0 N–H and O–H groups in total. The van der Waals surface area contributed by atoms with E-state index in [1.54, 1.807) is 0 Å². The van der Waals surface area contributed by atoms with E-state index in [-0.39, 0.29) is 5.92 Å². The first-order valence-corrected chi connectivity index (χ1v) is 7.74. The van der Waals surface area contributed by atoms with Crippen molar-refractivity contribution in [3.63, 3.8) is 0 Å². The van der Waals surface area contributed by atoms with E-state index >= 15 is 0 Å². The molecule has 0 aliphatic heterocycles. The highest BCUT2D eigenvalue weighted by atomic mass is 35.5. The maximum atomic E-state index is 5.94. The fourth-order valence-corrected chi connectivity index (χ4v) is 2.64. The summed E-state index contributed by atoms with van der Waals surface area (Å²) in [6.45, 7) is 0. The lowest BCUT2D eigenvalue weighted by Crippen LogP contribution is -1.97. The van der Waals surface area contributed by atoms with Gasteiger partial charge in [-0.3, -0.25) is 0 Å². The first-order valence-electron chi connectivity index (χ1n) is 7.36. The van der Waals surface area contributed by atoms with Crippen LogP contribution in [0.5, 0.6) is 0 Å². The molecule has 0 aromatic heterocycles. The molecule has 3 aromatic rings. The van der Waals surface area contributed by atoms with Crippen LogP contribution in [0.3, 0.4) is 0 Å². The Morgan fingerprint density at radius 3 is 1.64 bits per heavy atom. The van der Waals surface area contributed by atoms with Gasteiger partial charge in [-0.25, -0.2) is 0 Å². The van der Waals surface area contributed by atoms with Gasteiger partial charge < -0.3 is 0 Å². The van der Waals surface area contributed by atoms with E-state index < -0.39 is 0 Å². The number of halogens is 1. The minimum absolute atomic E-state index is 0.248. The fourth-order valence-electron chi connectivity index (χ4n) is 2.52. The molecule has 0 amide bonds. The Labute approximate surface area is 136 Å². The zero-order chi connectivity index (χ0) is 15.2. The molecule has 0 aliphatic rings. The minimum Gasteiger partial charge on any atom is -0.0843 e. The minimum atomic E-state index is 0.248. The van der Waals surface area contributed by atoms with E-state index in [1.165, 1.54) is 11.1 Å². The van der Waals surface area contributed by atoms with Gasteiger partial charge in [0, 0.05) is 10.9 Å². The molecule has 0 fully saturated rings. The molecule has 22 heavy (non-hydrogen) atoms. The van der Waals surface area contributed by atoms with Crippen LogP contribution in [0.4, 0.5) is 0 Å². The Balaban J connectivity index is 1.94. The fraction of sp³-hybridized carbons (Fsp3) is 0.0476. The topological polar surface area (TPSA) is 0 Å². The Morgan fingerprint density at radius 1 is 0.636 bits per heavy atom. The van der Waals surface area contributed by atoms with Crippen LogP contribution in [-0.2, 0) is 0 Å². The Hall–Kier alpha value is -2.31. The monoisotopic (exact) mass is 304 g/mol. The van der Waals surface area contributed by atoms with Crippen LogP contribution in [0.15, 0.2) is 91.0 Å². The highest BCUT2D eigenvalue weighted by Gasteiger charge is 2.09. The summed E-state index contributed by atoms with van der Waals surface area (Å²) in [5, 5.41) is 0.764. The summed E-state index contributed by atoms with van der Waals surface area (Å²) in [5.41, 5.74) is 3.74. The second-order valence-corrected chi connectivity index (χ2v) is 5.65. The maximum Gasteiger partial charge on any atom is 0.0406 e. The van der Waals surface area contributed by atoms with Crippen molar-refractivity contribution in [2.75, 3.05) is 0 Å². The zero-order valence-electron chi connectivity index (χ0n) is 12.2. The van der Waals surface area contributed by atoms with Gasteiger partial charge in [-0.05, 0) is 28.8 Å². The van der Waals surface area contributed by atoms with Crippen molar-refractivity contribution in [3.8, 4) is 0 Å². The van der Waals surface area contributed by atoms with Gasteiger partial charge in [-0.15, -0.1) is 0 Å².